The van der Waals surface area contributed by atoms with Crippen molar-refractivity contribution in [3.05, 3.63) is 29.6 Å². The van der Waals surface area contributed by atoms with Crippen LogP contribution in [0, 0.1) is 12.7 Å². The largest absolute Gasteiger partial charge is 0.395 e. The van der Waals surface area contributed by atoms with Gasteiger partial charge in [-0.1, -0.05) is 6.07 Å². The molecule has 0 saturated heterocycles. The maximum absolute atomic E-state index is 13.2. The second-order valence-electron chi connectivity index (χ2n) is 3.55. The fourth-order valence-electron chi connectivity index (χ4n) is 1.07. The Morgan fingerprint density at radius 2 is 2.12 bits per heavy atom. The number of anilines is 1. The van der Waals surface area contributed by atoms with Crippen molar-refractivity contribution in [2.75, 3.05) is 11.3 Å². The van der Waals surface area contributed by atoms with E-state index in [9.17, 15) is 12.8 Å². The lowest BCUT2D eigenvalue weighted by molar-refractivity contribution is 0.296. The summed E-state index contributed by atoms with van der Waals surface area (Å²) in [6.07, 6.45) is 0. The van der Waals surface area contributed by atoms with Gasteiger partial charge in [0.15, 0.2) is 0 Å². The minimum atomic E-state index is -3.67. The molecule has 90 valence electrons. The standard InChI is InChI=1S/C10H14FNO3S/c1-7(6-13)16(14,15)12-10-5-3-4-9(11)8(10)2/h3-5,7,12-13H,6H2,1-2H3. The normalized spacial score (nSPS) is 13.5. The lowest BCUT2D eigenvalue weighted by atomic mass is 10.2. The Morgan fingerprint density at radius 1 is 1.50 bits per heavy atom. The van der Waals surface area contributed by atoms with E-state index in [1.165, 1.54) is 32.0 Å². The van der Waals surface area contributed by atoms with Gasteiger partial charge in [-0.05, 0) is 26.0 Å². The molecule has 0 heterocycles. The molecule has 1 aromatic rings. The van der Waals surface area contributed by atoms with Crippen molar-refractivity contribution in [2.24, 2.45) is 0 Å². The molecule has 1 aromatic carbocycles. The van der Waals surface area contributed by atoms with Gasteiger partial charge < -0.3 is 5.11 Å². The number of aliphatic hydroxyl groups is 1. The molecule has 6 heteroatoms. The number of benzene rings is 1. The summed E-state index contributed by atoms with van der Waals surface area (Å²) in [4.78, 5) is 0. The first kappa shape index (κ1) is 12.9. The van der Waals surface area contributed by atoms with E-state index in [4.69, 9.17) is 5.11 Å². The molecule has 0 fully saturated rings. The third kappa shape index (κ3) is 2.70. The highest BCUT2D eigenvalue weighted by Gasteiger charge is 2.20. The predicted molar refractivity (Wildman–Crippen MR) is 60.2 cm³/mol. The van der Waals surface area contributed by atoms with E-state index in [2.05, 4.69) is 4.72 Å². The molecule has 0 bridgehead atoms. The molecule has 1 rings (SSSR count). The topological polar surface area (TPSA) is 66.4 Å². The first-order chi connectivity index (χ1) is 7.38. The van der Waals surface area contributed by atoms with Crippen LogP contribution < -0.4 is 4.72 Å². The van der Waals surface area contributed by atoms with Crippen LogP contribution in [0.1, 0.15) is 12.5 Å². The Morgan fingerprint density at radius 3 is 2.69 bits per heavy atom. The van der Waals surface area contributed by atoms with Gasteiger partial charge in [0.1, 0.15) is 11.1 Å². The summed E-state index contributed by atoms with van der Waals surface area (Å²) >= 11 is 0. The Hall–Kier alpha value is -1.14. The van der Waals surface area contributed by atoms with Crippen LogP contribution in [0.2, 0.25) is 0 Å². The maximum Gasteiger partial charge on any atom is 0.237 e. The van der Waals surface area contributed by atoms with Gasteiger partial charge in [-0.3, -0.25) is 4.72 Å². The van der Waals surface area contributed by atoms with Gasteiger partial charge >= 0.3 is 0 Å². The van der Waals surface area contributed by atoms with Gasteiger partial charge in [0.05, 0.1) is 12.3 Å². The molecule has 1 atom stereocenters. The number of halogens is 1. The van der Waals surface area contributed by atoms with Crippen LogP contribution in [-0.2, 0) is 10.0 Å². The van der Waals surface area contributed by atoms with Crippen LogP contribution in [0.3, 0.4) is 0 Å². The minimum Gasteiger partial charge on any atom is -0.395 e. The first-order valence-electron chi connectivity index (χ1n) is 4.76. The molecule has 0 aliphatic heterocycles. The summed E-state index contributed by atoms with van der Waals surface area (Å²) in [5.74, 6) is -0.475. The van der Waals surface area contributed by atoms with E-state index in [-0.39, 0.29) is 11.3 Å². The number of sulfonamides is 1. The van der Waals surface area contributed by atoms with Crippen LogP contribution in [0.5, 0.6) is 0 Å². The Labute approximate surface area is 94.2 Å². The highest BCUT2D eigenvalue weighted by molar-refractivity contribution is 7.93. The molecule has 0 spiro atoms. The first-order valence-corrected chi connectivity index (χ1v) is 6.30. The fraction of sp³-hybridized carbons (Fsp3) is 0.400. The lowest BCUT2D eigenvalue weighted by Gasteiger charge is -2.14. The van der Waals surface area contributed by atoms with Crippen molar-refractivity contribution < 1.29 is 17.9 Å². The molecule has 4 nitrogen and oxygen atoms in total. The van der Waals surface area contributed by atoms with E-state index in [1.54, 1.807) is 0 Å². The minimum absolute atomic E-state index is 0.195. The summed E-state index contributed by atoms with van der Waals surface area (Å²) in [5, 5.41) is 7.84. The Kier molecular flexibility index (Phi) is 3.88. The van der Waals surface area contributed by atoms with Crippen molar-refractivity contribution >= 4 is 15.7 Å². The van der Waals surface area contributed by atoms with E-state index in [1.807, 2.05) is 0 Å². The number of hydrogen-bond acceptors (Lipinski definition) is 3. The number of rotatable bonds is 4. The summed E-state index contributed by atoms with van der Waals surface area (Å²) in [5.41, 5.74) is 0.427. The smallest absolute Gasteiger partial charge is 0.237 e. The molecular weight excluding hydrogens is 233 g/mol. The van der Waals surface area contributed by atoms with Crippen molar-refractivity contribution in [1.29, 1.82) is 0 Å². The molecular formula is C10H14FNO3S. The quantitative estimate of drug-likeness (QED) is 0.841. The zero-order valence-electron chi connectivity index (χ0n) is 9.07. The highest BCUT2D eigenvalue weighted by Crippen LogP contribution is 2.19. The molecule has 1 unspecified atom stereocenters. The lowest BCUT2D eigenvalue weighted by Crippen LogP contribution is -2.28. The second-order valence-corrected chi connectivity index (χ2v) is 5.65. The van der Waals surface area contributed by atoms with Gasteiger partial charge in [-0.25, -0.2) is 12.8 Å². The second kappa shape index (κ2) is 4.80. The van der Waals surface area contributed by atoms with E-state index >= 15 is 0 Å². The Bertz CT molecular complexity index is 473. The molecule has 2 N–H and O–H groups in total. The van der Waals surface area contributed by atoms with Gasteiger partial charge in [0.2, 0.25) is 10.0 Å². The van der Waals surface area contributed by atoms with Crippen LogP contribution in [0.4, 0.5) is 10.1 Å². The van der Waals surface area contributed by atoms with E-state index in [0.717, 1.165) is 0 Å². The summed E-state index contributed by atoms with van der Waals surface area (Å²) < 4.78 is 38.6. The average Bonchev–Trinajstić information content (AvgIpc) is 2.23. The zero-order chi connectivity index (χ0) is 12.3. The van der Waals surface area contributed by atoms with Crippen LogP contribution >= 0.6 is 0 Å². The maximum atomic E-state index is 13.2. The van der Waals surface area contributed by atoms with Crippen LogP contribution in [0.25, 0.3) is 0 Å². The summed E-state index contributed by atoms with van der Waals surface area (Å²) in [7, 11) is -3.67. The molecule has 16 heavy (non-hydrogen) atoms. The van der Waals surface area contributed by atoms with E-state index in [0.29, 0.717) is 0 Å². The third-order valence-electron chi connectivity index (χ3n) is 2.31. The summed E-state index contributed by atoms with van der Waals surface area (Å²) in [6.45, 7) is 2.37. The van der Waals surface area contributed by atoms with Crippen molar-refractivity contribution in [3.8, 4) is 0 Å². The molecule has 0 amide bonds. The fourth-order valence-corrected chi connectivity index (χ4v) is 2.00. The van der Waals surface area contributed by atoms with E-state index < -0.39 is 27.7 Å². The van der Waals surface area contributed by atoms with Crippen LogP contribution in [-0.4, -0.2) is 25.4 Å². The number of aliphatic hydroxyl groups excluding tert-OH is 1. The molecule has 0 aliphatic rings. The Balaban J connectivity index is 3.02. The van der Waals surface area contributed by atoms with Gasteiger partial charge in [0, 0.05) is 5.56 Å². The molecule has 0 aromatic heterocycles. The number of nitrogens with one attached hydrogen (secondary N) is 1. The highest BCUT2D eigenvalue weighted by atomic mass is 32.2. The van der Waals surface area contributed by atoms with Crippen molar-refractivity contribution in [3.63, 3.8) is 0 Å². The molecule has 0 radical (unpaired) electrons. The average molecular weight is 247 g/mol. The van der Waals surface area contributed by atoms with Crippen molar-refractivity contribution in [2.45, 2.75) is 19.1 Å². The van der Waals surface area contributed by atoms with Crippen molar-refractivity contribution in [1.82, 2.24) is 0 Å². The zero-order valence-corrected chi connectivity index (χ0v) is 9.88. The number of hydrogen-bond donors (Lipinski definition) is 2. The van der Waals surface area contributed by atoms with Gasteiger partial charge in [-0.15, -0.1) is 0 Å². The van der Waals surface area contributed by atoms with Gasteiger partial charge in [0.25, 0.3) is 0 Å². The monoisotopic (exact) mass is 247 g/mol. The predicted octanol–water partition coefficient (Wildman–Crippen LogP) is 1.26. The van der Waals surface area contributed by atoms with Gasteiger partial charge in [-0.2, -0.15) is 0 Å². The molecule has 0 saturated carbocycles. The summed E-state index contributed by atoms with van der Waals surface area (Å²) in [6, 6.07) is 4.15. The SMILES string of the molecule is Cc1c(F)cccc1NS(=O)(=O)C(C)CO. The third-order valence-corrected chi connectivity index (χ3v) is 4.02. The molecule has 0 aliphatic carbocycles. The van der Waals surface area contributed by atoms with Crippen LogP contribution in [0.15, 0.2) is 18.2 Å².